The Morgan fingerprint density at radius 3 is 2.22 bits per heavy atom. The SMILES string of the molecule is CC(C)(N)C(=O)NC(CCCc1ccccc1)C(=O)N1CCC(n2c(-c3ccccc3)nc3ccccc32)CC1.Cl. The zero-order chi connectivity index (χ0) is 28.1. The number of aryl methyl sites for hydroxylation is 1. The Bertz CT molecular complexity index is 1440. The third kappa shape index (κ3) is 7.16. The number of likely N-dealkylation sites (tertiary alicyclic amines) is 1. The van der Waals surface area contributed by atoms with Gasteiger partial charge in [-0.05, 0) is 63.6 Å². The van der Waals surface area contributed by atoms with Gasteiger partial charge in [0, 0.05) is 24.7 Å². The lowest BCUT2D eigenvalue weighted by molar-refractivity contribution is -0.138. The molecule has 41 heavy (non-hydrogen) atoms. The molecule has 3 N–H and O–H groups in total. The quantitative estimate of drug-likeness (QED) is 0.275. The maximum absolute atomic E-state index is 13.7. The van der Waals surface area contributed by atoms with Crippen molar-refractivity contribution in [2.75, 3.05) is 13.1 Å². The van der Waals surface area contributed by atoms with Crippen LogP contribution in [0.3, 0.4) is 0 Å². The molecule has 0 saturated carbocycles. The third-order valence-electron chi connectivity index (χ3n) is 7.76. The number of halogens is 1. The van der Waals surface area contributed by atoms with E-state index in [2.05, 4.69) is 52.3 Å². The minimum atomic E-state index is -1.05. The molecule has 3 aromatic carbocycles. The van der Waals surface area contributed by atoms with Crippen LogP contribution in [0.15, 0.2) is 84.9 Å². The van der Waals surface area contributed by atoms with Crippen molar-refractivity contribution in [1.29, 1.82) is 0 Å². The number of para-hydroxylation sites is 2. The number of hydrogen-bond donors (Lipinski definition) is 2. The normalized spacial score (nSPS) is 14.9. The number of benzene rings is 3. The Hall–Kier alpha value is -3.68. The fraction of sp³-hybridized carbons (Fsp3) is 0.364. The van der Waals surface area contributed by atoms with E-state index in [9.17, 15) is 9.59 Å². The molecule has 2 amide bonds. The molecule has 2 heterocycles. The largest absolute Gasteiger partial charge is 0.343 e. The molecule has 1 unspecified atom stereocenters. The first-order chi connectivity index (χ1) is 19.3. The molecule has 0 spiro atoms. The van der Waals surface area contributed by atoms with E-state index in [1.807, 2.05) is 47.4 Å². The average molecular weight is 574 g/mol. The van der Waals surface area contributed by atoms with Crippen LogP contribution in [0.5, 0.6) is 0 Å². The van der Waals surface area contributed by atoms with Gasteiger partial charge < -0.3 is 20.5 Å². The van der Waals surface area contributed by atoms with E-state index in [1.54, 1.807) is 13.8 Å². The summed E-state index contributed by atoms with van der Waals surface area (Å²) >= 11 is 0. The first-order valence-corrected chi connectivity index (χ1v) is 14.3. The van der Waals surface area contributed by atoms with Crippen molar-refractivity contribution in [3.63, 3.8) is 0 Å². The van der Waals surface area contributed by atoms with Crippen LogP contribution in [-0.4, -0.2) is 50.9 Å². The van der Waals surface area contributed by atoms with Gasteiger partial charge in [-0.3, -0.25) is 9.59 Å². The Labute approximate surface area is 248 Å². The standard InChI is InChI=1S/C33H39N5O2.ClH/c1-33(2,34)32(40)36-28(18-11-14-24-12-5-3-6-13-24)31(39)37-22-20-26(21-23-37)38-29-19-10-9-17-27(29)35-30(38)25-15-7-4-8-16-25;/h3-10,12-13,15-17,19,26,28H,11,14,18,20-23,34H2,1-2H3,(H,36,40);1H. The fourth-order valence-corrected chi connectivity index (χ4v) is 5.53. The monoisotopic (exact) mass is 573 g/mol. The molecule has 5 rings (SSSR count). The van der Waals surface area contributed by atoms with Gasteiger partial charge in [0.15, 0.2) is 0 Å². The molecule has 1 aliphatic rings. The van der Waals surface area contributed by atoms with E-state index < -0.39 is 11.6 Å². The first kappa shape index (κ1) is 30.3. The summed E-state index contributed by atoms with van der Waals surface area (Å²) in [5.41, 5.74) is 9.41. The molecule has 1 saturated heterocycles. The van der Waals surface area contributed by atoms with Crippen LogP contribution < -0.4 is 11.1 Å². The number of hydrogen-bond acceptors (Lipinski definition) is 4. The van der Waals surface area contributed by atoms with Crippen molar-refractivity contribution >= 4 is 35.3 Å². The van der Waals surface area contributed by atoms with Crippen molar-refractivity contribution in [3.8, 4) is 11.4 Å². The van der Waals surface area contributed by atoms with Crippen molar-refractivity contribution < 1.29 is 9.59 Å². The Morgan fingerprint density at radius 2 is 1.56 bits per heavy atom. The molecule has 4 aromatic rings. The van der Waals surface area contributed by atoms with E-state index in [0.717, 1.165) is 48.1 Å². The van der Waals surface area contributed by atoms with Gasteiger partial charge in [0.2, 0.25) is 11.8 Å². The summed E-state index contributed by atoms with van der Waals surface area (Å²) in [6.45, 7) is 4.58. The Kier molecular flexibility index (Phi) is 9.84. The summed E-state index contributed by atoms with van der Waals surface area (Å²) < 4.78 is 2.35. The number of nitrogens with two attached hydrogens (primary N) is 1. The lowest BCUT2D eigenvalue weighted by Gasteiger charge is -2.36. The van der Waals surface area contributed by atoms with Gasteiger partial charge in [0.25, 0.3) is 0 Å². The van der Waals surface area contributed by atoms with Gasteiger partial charge in [-0.15, -0.1) is 12.4 Å². The molecule has 1 aromatic heterocycles. The molecule has 0 aliphatic carbocycles. The highest BCUT2D eigenvalue weighted by atomic mass is 35.5. The van der Waals surface area contributed by atoms with Crippen LogP contribution in [-0.2, 0) is 16.0 Å². The molecule has 0 radical (unpaired) electrons. The van der Waals surface area contributed by atoms with Crippen LogP contribution in [0.4, 0.5) is 0 Å². The highest BCUT2D eigenvalue weighted by molar-refractivity contribution is 5.91. The van der Waals surface area contributed by atoms with Gasteiger partial charge in [-0.1, -0.05) is 72.8 Å². The average Bonchev–Trinajstić information content (AvgIpc) is 3.36. The fourth-order valence-electron chi connectivity index (χ4n) is 5.53. The first-order valence-electron chi connectivity index (χ1n) is 14.3. The number of fused-ring (bicyclic) bond motifs is 1. The van der Waals surface area contributed by atoms with Gasteiger partial charge in [0.1, 0.15) is 11.9 Å². The summed E-state index contributed by atoms with van der Waals surface area (Å²) in [6, 6.07) is 28.4. The molecular weight excluding hydrogens is 534 g/mol. The van der Waals surface area contributed by atoms with Crippen LogP contribution in [0.1, 0.15) is 51.1 Å². The molecule has 1 fully saturated rings. The lowest BCUT2D eigenvalue weighted by Crippen LogP contribution is -2.57. The van der Waals surface area contributed by atoms with Crippen molar-refractivity contribution in [3.05, 3.63) is 90.5 Å². The number of aromatic nitrogens is 2. The number of rotatable bonds is 9. The molecule has 1 atom stereocenters. The number of nitrogens with zero attached hydrogens (tertiary/aromatic N) is 3. The summed E-state index contributed by atoms with van der Waals surface area (Å²) in [4.78, 5) is 33.4. The second-order valence-electron chi connectivity index (χ2n) is 11.3. The van der Waals surface area contributed by atoms with Crippen LogP contribution in [0.25, 0.3) is 22.4 Å². The van der Waals surface area contributed by atoms with E-state index >= 15 is 0 Å². The summed E-state index contributed by atoms with van der Waals surface area (Å²) in [7, 11) is 0. The number of imidazole rings is 1. The smallest absolute Gasteiger partial charge is 0.245 e. The highest BCUT2D eigenvalue weighted by Crippen LogP contribution is 2.33. The van der Waals surface area contributed by atoms with E-state index in [1.165, 1.54) is 5.56 Å². The Balaban J connectivity index is 0.00000387. The number of piperidine rings is 1. The number of carbonyl (C=O) groups is 2. The molecule has 7 nitrogen and oxygen atoms in total. The van der Waals surface area contributed by atoms with Gasteiger partial charge in [0.05, 0.1) is 16.6 Å². The molecule has 216 valence electrons. The van der Waals surface area contributed by atoms with Crippen LogP contribution >= 0.6 is 12.4 Å². The van der Waals surface area contributed by atoms with E-state index in [4.69, 9.17) is 10.7 Å². The zero-order valence-electron chi connectivity index (χ0n) is 23.8. The number of amides is 2. The predicted molar refractivity (Wildman–Crippen MR) is 167 cm³/mol. The minimum absolute atomic E-state index is 0. The highest BCUT2D eigenvalue weighted by Gasteiger charge is 2.33. The minimum Gasteiger partial charge on any atom is -0.343 e. The van der Waals surface area contributed by atoms with Crippen molar-refractivity contribution in [2.24, 2.45) is 5.73 Å². The topological polar surface area (TPSA) is 93.2 Å². The second-order valence-corrected chi connectivity index (χ2v) is 11.3. The maximum Gasteiger partial charge on any atom is 0.245 e. The van der Waals surface area contributed by atoms with Crippen LogP contribution in [0, 0.1) is 0 Å². The predicted octanol–water partition coefficient (Wildman–Crippen LogP) is 5.53. The van der Waals surface area contributed by atoms with Crippen molar-refractivity contribution in [2.45, 2.75) is 63.6 Å². The summed E-state index contributed by atoms with van der Waals surface area (Å²) in [5, 5.41) is 2.96. The van der Waals surface area contributed by atoms with Gasteiger partial charge >= 0.3 is 0 Å². The van der Waals surface area contributed by atoms with Gasteiger partial charge in [-0.2, -0.15) is 0 Å². The van der Waals surface area contributed by atoms with Crippen molar-refractivity contribution in [1.82, 2.24) is 19.8 Å². The maximum atomic E-state index is 13.7. The van der Waals surface area contributed by atoms with Gasteiger partial charge in [-0.25, -0.2) is 4.98 Å². The summed E-state index contributed by atoms with van der Waals surface area (Å²) in [5.74, 6) is 0.628. The van der Waals surface area contributed by atoms with E-state index in [-0.39, 0.29) is 30.3 Å². The van der Waals surface area contributed by atoms with Crippen LogP contribution in [0.2, 0.25) is 0 Å². The number of carbonyl (C=O) groups excluding carboxylic acids is 2. The molecular formula is C33H40ClN5O2. The molecule has 8 heteroatoms. The number of nitrogens with one attached hydrogen (secondary N) is 1. The Morgan fingerprint density at radius 1 is 0.951 bits per heavy atom. The molecule has 1 aliphatic heterocycles. The zero-order valence-corrected chi connectivity index (χ0v) is 24.6. The van der Waals surface area contributed by atoms with E-state index in [0.29, 0.717) is 19.5 Å². The summed E-state index contributed by atoms with van der Waals surface area (Å²) in [6.07, 6.45) is 3.85. The molecule has 0 bridgehead atoms. The second kappa shape index (κ2) is 13.3. The third-order valence-corrected chi connectivity index (χ3v) is 7.76. The lowest BCUT2D eigenvalue weighted by atomic mass is 9.99.